The number of unbranched alkanes of at least 4 members (excludes halogenated alkanes) is 1. The topological polar surface area (TPSA) is 107 Å². The second kappa shape index (κ2) is 7.27. The predicted octanol–water partition coefficient (Wildman–Crippen LogP) is 0.811. The molecule has 8 heteroatoms. The molecule has 0 aliphatic rings. The molecule has 2 amide bonds. The number of nitrogens with one attached hydrogen (secondary N) is 2. The molecule has 1 rings (SSSR count). The van der Waals surface area contributed by atoms with Gasteiger partial charge in [0.15, 0.2) is 0 Å². The monoisotopic (exact) mass is 282 g/mol. The van der Waals surface area contributed by atoms with Gasteiger partial charge in [-0.15, -0.1) is 0 Å². The number of ether oxygens (including phenoxy) is 1. The summed E-state index contributed by atoms with van der Waals surface area (Å²) in [5.74, 6) is -0.980. The van der Waals surface area contributed by atoms with E-state index in [9.17, 15) is 14.8 Å². The molecule has 1 aromatic heterocycles. The fraction of sp³-hybridized carbons (Fsp3) is 0.500. The number of amides is 2. The summed E-state index contributed by atoms with van der Waals surface area (Å²) in [7, 11) is 0. The highest BCUT2D eigenvalue weighted by atomic mass is 16.5. The molecule has 20 heavy (non-hydrogen) atoms. The largest absolute Gasteiger partial charge is 0.754 e. The lowest BCUT2D eigenvalue weighted by molar-refractivity contribution is -0.577. The van der Waals surface area contributed by atoms with Crippen molar-refractivity contribution in [1.82, 2.24) is 4.98 Å². The summed E-state index contributed by atoms with van der Waals surface area (Å²) in [5.41, 5.74) is 0. The highest BCUT2D eigenvalue weighted by Gasteiger charge is 2.16. The molecule has 1 heterocycles. The van der Waals surface area contributed by atoms with Crippen molar-refractivity contribution in [2.75, 3.05) is 17.2 Å². The summed E-state index contributed by atoms with van der Waals surface area (Å²) in [6.45, 7) is 4.98. The molecule has 2 N–H and O–H groups in total. The first-order valence-corrected chi connectivity index (χ1v) is 6.26. The highest BCUT2D eigenvalue weighted by Crippen LogP contribution is 2.15. The van der Waals surface area contributed by atoms with Crippen LogP contribution >= 0.6 is 0 Å². The van der Waals surface area contributed by atoms with Gasteiger partial charge in [-0.1, -0.05) is 18.3 Å². The minimum absolute atomic E-state index is 0.0530. The molecule has 8 nitrogen and oxygen atoms in total. The van der Waals surface area contributed by atoms with Gasteiger partial charge in [-0.3, -0.25) is 14.9 Å². The van der Waals surface area contributed by atoms with Gasteiger partial charge in [0.05, 0.1) is 12.7 Å². The number of aromatic nitrogens is 2. The van der Waals surface area contributed by atoms with E-state index in [-0.39, 0.29) is 17.6 Å². The third-order valence-corrected chi connectivity index (χ3v) is 2.23. The summed E-state index contributed by atoms with van der Waals surface area (Å²) in [6.07, 6.45) is 1.78. The van der Waals surface area contributed by atoms with E-state index < -0.39 is 11.8 Å². The molecule has 0 unspecified atom stereocenters. The Balaban J connectivity index is 3.04. The summed E-state index contributed by atoms with van der Waals surface area (Å²) in [4.78, 5) is 26.0. The zero-order valence-corrected chi connectivity index (χ0v) is 11.7. The third-order valence-electron chi connectivity index (χ3n) is 2.23. The van der Waals surface area contributed by atoms with Crippen LogP contribution in [0.5, 0.6) is 5.88 Å². The lowest BCUT2D eigenvalue weighted by atomic mass is 10.4. The van der Waals surface area contributed by atoms with Crippen LogP contribution in [0.25, 0.3) is 0 Å². The normalized spacial score (nSPS) is 9.95. The Morgan fingerprint density at radius 1 is 1.35 bits per heavy atom. The fourth-order valence-corrected chi connectivity index (χ4v) is 1.37. The van der Waals surface area contributed by atoms with E-state index in [2.05, 4.69) is 15.6 Å². The van der Waals surface area contributed by atoms with Crippen LogP contribution in [0.4, 0.5) is 11.8 Å². The first kappa shape index (κ1) is 15.7. The number of hydrogen-bond acceptors (Lipinski definition) is 5. The van der Waals surface area contributed by atoms with Gasteiger partial charge in [0.1, 0.15) is 0 Å². The Kier molecular flexibility index (Phi) is 5.70. The van der Waals surface area contributed by atoms with E-state index in [1.807, 2.05) is 6.92 Å². The molecule has 1 aromatic rings. The van der Waals surface area contributed by atoms with Gasteiger partial charge < -0.3 is 9.94 Å². The second-order valence-corrected chi connectivity index (χ2v) is 4.16. The molecule has 0 atom stereocenters. The Morgan fingerprint density at radius 3 is 2.55 bits per heavy atom. The van der Waals surface area contributed by atoms with Crippen LogP contribution in [0.3, 0.4) is 0 Å². The van der Waals surface area contributed by atoms with Gasteiger partial charge in [0, 0.05) is 13.8 Å². The minimum Gasteiger partial charge on any atom is -0.754 e. The Bertz CT molecular complexity index is 467. The number of rotatable bonds is 6. The highest BCUT2D eigenvalue weighted by molar-refractivity contribution is 5.88. The van der Waals surface area contributed by atoms with Crippen molar-refractivity contribution in [1.29, 1.82) is 0 Å². The quantitative estimate of drug-likeness (QED) is 0.456. The summed E-state index contributed by atoms with van der Waals surface area (Å²) in [6, 6.07) is 1.31. The van der Waals surface area contributed by atoms with Crippen LogP contribution in [0.15, 0.2) is 6.07 Å². The van der Waals surface area contributed by atoms with Crippen LogP contribution in [0, 0.1) is 5.21 Å². The fourth-order valence-electron chi connectivity index (χ4n) is 1.37. The van der Waals surface area contributed by atoms with E-state index >= 15 is 0 Å². The van der Waals surface area contributed by atoms with Crippen molar-refractivity contribution in [2.45, 2.75) is 33.6 Å². The van der Waals surface area contributed by atoms with Gasteiger partial charge in [0.2, 0.25) is 5.82 Å². The van der Waals surface area contributed by atoms with Crippen LogP contribution in [0.2, 0.25) is 0 Å². The van der Waals surface area contributed by atoms with E-state index in [0.29, 0.717) is 11.3 Å². The van der Waals surface area contributed by atoms with Crippen LogP contribution < -0.4 is 20.1 Å². The molecule has 0 aromatic carbocycles. The molecule has 0 aliphatic carbocycles. The molecule has 0 radical (unpaired) electrons. The first-order chi connectivity index (χ1) is 9.43. The lowest BCUT2D eigenvalue weighted by Crippen LogP contribution is -2.37. The number of nitrogens with zero attached hydrogens (tertiary/aromatic N) is 2. The van der Waals surface area contributed by atoms with Crippen LogP contribution in [-0.2, 0) is 9.59 Å². The van der Waals surface area contributed by atoms with Crippen molar-refractivity contribution in [2.24, 2.45) is 0 Å². The van der Waals surface area contributed by atoms with Crippen molar-refractivity contribution >= 4 is 23.6 Å². The lowest BCUT2D eigenvalue weighted by Gasteiger charge is -2.15. The van der Waals surface area contributed by atoms with E-state index in [1.165, 1.54) is 19.9 Å². The molecule has 0 fully saturated rings. The van der Waals surface area contributed by atoms with E-state index in [0.717, 1.165) is 12.8 Å². The van der Waals surface area contributed by atoms with Crippen molar-refractivity contribution in [3.05, 3.63) is 11.3 Å². The Hall–Kier alpha value is -2.38. The van der Waals surface area contributed by atoms with Gasteiger partial charge in [-0.25, -0.2) is 10.0 Å². The number of anilines is 2. The van der Waals surface area contributed by atoms with Gasteiger partial charge in [-0.05, 0) is 6.42 Å². The zero-order valence-electron chi connectivity index (χ0n) is 11.7. The first-order valence-electron chi connectivity index (χ1n) is 6.26. The minimum atomic E-state index is -0.443. The molecule has 0 bridgehead atoms. The maximum Gasteiger partial charge on any atom is 0.357 e. The Morgan fingerprint density at radius 2 is 2.00 bits per heavy atom. The summed E-state index contributed by atoms with van der Waals surface area (Å²) in [5, 5.41) is 16.5. The van der Waals surface area contributed by atoms with Crippen LogP contribution in [-0.4, -0.2) is 23.4 Å². The number of carbonyl (C=O) groups excluding carboxylic acids is 2. The van der Waals surface area contributed by atoms with Crippen LogP contribution in [0.1, 0.15) is 33.6 Å². The van der Waals surface area contributed by atoms with Crippen molar-refractivity contribution in [3.8, 4) is 5.88 Å². The van der Waals surface area contributed by atoms with Crippen molar-refractivity contribution in [3.63, 3.8) is 0 Å². The molecule has 0 saturated heterocycles. The standard InChI is InChI=1S/C12H18N4O4/c1-4-5-6-20-11-7-10(13-8(2)17)16(19)12(15-11)14-9(3)18/h7H,4-6H2,1-3H3,(H,13,17)(H,14,15,18). The van der Waals surface area contributed by atoms with Gasteiger partial charge in [-0.2, -0.15) is 0 Å². The zero-order chi connectivity index (χ0) is 15.1. The molecular formula is C12H18N4O4. The maximum atomic E-state index is 11.9. The molecule has 0 aliphatic heterocycles. The van der Waals surface area contributed by atoms with Crippen molar-refractivity contribution < 1.29 is 19.1 Å². The van der Waals surface area contributed by atoms with E-state index in [1.54, 1.807) is 0 Å². The summed E-state index contributed by atoms with van der Waals surface area (Å²) < 4.78 is 5.71. The van der Waals surface area contributed by atoms with Gasteiger partial charge in [0.25, 0.3) is 17.7 Å². The maximum absolute atomic E-state index is 11.9. The smallest absolute Gasteiger partial charge is 0.357 e. The molecular weight excluding hydrogens is 264 g/mol. The van der Waals surface area contributed by atoms with Gasteiger partial charge >= 0.3 is 5.95 Å². The predicted molar refractivity (Wildman–Crippen MR) is 72.2 cm³/mol. The number of hydrogen-bond donors (Lipinski definition) is 2. The molecule has 0 saturated carbocycles. The third kappa shape index (κ3) is 4.71. The Labute approximate surface area is 116 Å². The number of carbonyl (C=O) groups is 2. The molecule has 0 spiro atoms. The second-order valence-electron chi connectivity index (χ2n) is 4.16. The summed E-state index contributed by atoms with van der Waals surface area (Å²) >= 11 is 0. The average molecular weight is 282 g/mol. The van der Waals surface area contributed by atoms with E-state index in [4.69, 9.17) is 4.74 Å². The SMILES string of the molecule is CCCCOc1cc(NC(C)=O)[n+]([O-])c(NC(C)=O)n1. The molecule has 110 valence electrons. The average Bonchev–Trinajstić information content (AvgIpc) is 2.34.